The zero-order valence-electron chi connectivity index (χ0n) is 20.5. The van der Waals surface area contributed by atoms with Gasteiger partial charge in [-0.15, -0.1) is 0 Å². The first-order chi connectivity index (χ1) is 18.3. The van der Waals surface area contributed by atoms with Gasteiger partial charge >= 0.3 is 24.3 Å². The maximum absolute atomic E-state index is 10.6. The van der Waals surface area contributed by atoms with E-state index in [9.17, 15) is 26.3 Å². The molecular weight excluding hydrogens is 542 g/mol. The highest BCUT2D eigenvalue weighted by Crippen LogP contribution is 2.21. The largest absolute Gasteiger partial charge is 0.490 e. The number of aromatic nitrogens is 4. The summed E-state index contributed by atoms with van der Waals surface area (Å²) < 4.78 is 71.1. The number of alkyl halides is 6. The van der Waals surface area contributed by atoms with E-state index in [0.717, 1.165) is 51.9 Å². The molecule has 39 heavy (non-hydrogen) atoms. The van der Waals surface area contributed by atoms with Gasteiger partial charge in [0.15, 0.2) is 0 Å². The first kappa shape index (κ1) is 31.7. The number of halogens is 6. The van der Waals surface area contributed by atoms with Crippen molar-refractivity contribution >= 4 is 17.9 Å². The molecule has 4 rings (SSSR count). The Labute approximate surface area is 218 Å². The van der Waals surface area contributed by atoms with Crippen LogP contribution in [0.1, 0.15) is 18.5 Å². The molecule has 4 heterocycles. The van der Waals surface area contributed by atoms with Gasteiger partial charge in [0.1, 0.15) is 0 Å². The van der Waals surface area contributed by atoms with Crippen molar-refractivity contribution in [1.82, 2.24) is 24.6 Å². The molecule has 1 unspecified atom stereocenters. The molecule has 17 heteroatoms. The van der Waals surface area contributed by atoms with Gasteiger partial charge in [0, 0.05) is 70.4 Å². The second kappa shape index (κ2) is 14.6. The Morgan fingerprint density at radius 2 is 1.51 bits per heavy atom. The van der Waals surface area contributed by atoms with Crippen LogP contribution in [0.15, 0.2) is 30.7 Å². The maximum atomic E-state index is 10.6. The number of hydrogen-bond donors (Lipinski definition) is 3. The lowest BCUT2D eigenvalue weighted by molar-refractivity contribution is -0.193. The summed E-state index contributed by atoms with van der Waals surface area (Å²) in [4.78, 5) is 28.9. The van der Waals surface area contributed by atoms with E-state index in [2.05, 4.69) is 36.0 Å². The number of rotatable bonds is 5. The number of aliphatic carboxylic acids is 2. The van der Waals surface area contributed by atoms with E-state index in [0.29, 0.717) is 11.9 Å². The van der Waals surface area contributed by atoms with E-state index in [1.54, 1.807) is 12.4 Å². The van der Waals surface area contributed by atoms with Crippen molar-refractivity contribution in [3.63, 3.8) is 0 Å². The summed E-state index contributed by atoms with van der Waals surface area (Å²) in [5.41, 5.74) is 1.31. The third-order valence-corrected chi connectivity index (χ3v) is 5.59. The fourth-order valence-electron chi connectivity index (χ4n) is 3.81. The van der Waals surface area contributed by atoms with Crippen molar-refractivity contribution in [2.75, 3.05) is 38.2 Å². The molecule has 2 aromatic rings. The van der Waals surface area contributed by atoms with Crippen LogP contribution in [-0.4, -0.2) is 92.0 Å². The van der Waals surface area contributed by atoms with Crippen molar-refractivity contribution in [1.29, 1.82) is 0 Å². The minimum atomic E-state index is -5.08. The van der Waals surface area contributed by atoms with Gasteiger partial charge in [0.25, 0.3) is 0 Å². The van der Waals surface area contributed by atoms with Crippen LogP contribution in [0.5, 0.6) is 0 Å². The summed E-state index contributed by atoms with van der Waals surface area (Å²) in [6, 6.07) is 3.98. The molecule has 3 N–H and O–H groups in total. The second-order valence-corrected chi connectivity index (χ2v) is 8.68. The second-order valence-electron chi connectivity index (χ2n) is 8.68. The van der Waals surface area contributed by atoms with E-state index < -0.39 is 24.3 Å². The molecule has 2 aliphatic heterocycles. The van der Waals surface area contributed by atoms with E-state index in [1.807, 2.05) is 12.3 Å². The summed E-state index contributed by atoms with van der Waals surface area (Å²) in [5, 5.41) is 22.1. The van der Waals surface area contributed by atoms with Gasteiger partial charge in [0.2, 0.25) is 5.95 Å². The van der Waals surface area contributed by atoms with Gasteiger partial charge in [0.05, 0.1) is 5.69 Å². The summed E-state index contributed by atoms with van der Waals surface area (Å²) in [6.45, 7) is 6.81. The molecule has 1 saturated heterocycles. The molecular formula is C22H28F6N6O5. The zero-order chi connectivity index (χ0) is 29.1. The fraction of sp³-hybridized carbons (Fsp3) is 0.591. The predicted octanol–water partition coefficient (Wildman–Crippen LogP) is 2.91. The smallest absolute Gasteiger partial charge is 0.475 e. The number of carboxylic acids is 2. The first-order valence-electron chi connectivity index (χ1n) is 11.7. The summed E-state index contributed by atoms with van der Waals surface area (Å²) in [7, 11) is 0. The third kappa shape index (κ3) is 11.8. The number of carbonyl (C=O) groups is 2. The zero-order valence-corrected chi connectivity index (χ0v) is 20.5. The predicted molar refractivity (Wildman–Crippen MR) is 122 cm³/mol. The molecule has 1 fully saturated rings. The summed E-state index contributed by atoms with van der Waals surface area (Å²) in [5.74, 6) is -3.59. The quantitative estimate of drug-likeness (QED) is 0.460. The van der Waals surface area contributed by atoms with Crippen molar-refractivity contribution < 1.29 is 50.9 Å². The van der Waals surface area contributed by atoms with Crippen LogP contribution in [0.3, 0.4) is 0 Å². The van der Waals surface area contributed by atoms with Gasteiger partial charge < -0.3 is 20.3 Å². The number of nitrogens with zero attached hydrogens (tertiary/aromatic N) is 5. The average molecular weight is 570 g/mol. The van der Waals surface area contributed by atoms with Gasteiger partial charge in [-0.05, 0) is 30.9 Å². The van der Waals surface area contributed by atoms with Crippen molar-refractivity contribution in [2.24, 2.45) is 11.8 Å². The Morgan fingerprint density at radius 1 is 0.949 bits per heavy atom. The molecule has 0 aromatic carbocycles. The Hall–Kier alpha value is -3.47. The van der Waals surface area contributed by atoms with Crippen molar-refractivity contribution in [2.45, 2.75) is 38.3 Å². The third-order valence-electron chi connectivity index (χ3n) is 5.59. The molecule has 2 aromatic heterocycles. The summed E-state index contributed by atoms with van der Waals surface area (Å²) >= 11 is 0. The molecule has 2 aliphatic rings. The van der Waals surface area contributed by atoms with Crippen LogP contribution in [-0.2, 0) is 27.4 Å². The number of anilines is 1. The van der Waals surface area contributed by atoms with Gasteiger partial charge in [-0.1, -0.05) is 0 Å². The monoisotopic (exact) mass is 570 g/mol. The fourth-order valence-corrected chi connectivity index (χ4v) is 3.81. The molecule has 0 spiro atoms. The standard InChI is InChI=1S/C18H26N6O.2C2HF3O2/c1-5-19-18(20-6-1)21-10-16-12-23(11-15-3-8-25-9-4-15)14-17-2-7-22-24(17)13-16;2*3-2(4,5)1(6)7/h1-2,5-7,15-16H,3-4,8-14H2,(H,19,20,21);2*(H,6,7). The van der Waals surface area contributed by atoms with Gasteiger partial charge in [-0.2, -0.15) is 31.4 Å². The lowest BCUT2D eigenvalue weighted by Crippen LogP contribution is -2.36. The molecule has 1 atom stereocenters. The molecule has 0 radical (unpaired) electrons. The molecule has 0 aliphatic carbocycles. The topological polar surface area (TPSA) is 143 Å². The van der Waals surface area contributed by atoms with Gasteiger partial charge in [-0.3, -0.25) is 9.58 Å². The molecule has 0 amide bonds. The Kier molecular flexibility index (Phi) is 11.9. The molecule has 218 valence electrons. The van der Waals surface area contributed by atoms with Crippen LogP contribution in [0.2, 0.25) is 0 Å². The number of fused-ring (bicyclic) bond motifs is 1. The van der Waals surface area contributed by atoms with Crippen LogP contribution in [0.4, 0.5) is 32.3 Å². The van der Waals surface area contributed by atoms with Crippen LogP contribution < -0.4 is 5.32 Å². The van der Waals surface area contributed by atoms with Gasteiger partial charge in [-0.25, -0.2) is 19.6 Å². The minimum Gasteiger partial charge on any atom is -0.475 e. The molecule has 0 bridgehead atoms. The van der Waals surface area contributed by atoms with E-state index in [1.165, 1.54) is 18.5 Å². The lowest BCUT2D eigenvalue weighted by Gasteiger charge is -2.30. The van der Waals surface area contributed by atoms with Crippen LogP contribution in [0.25, 0.3) is 0 Å². The van der Waals surface area contributed by atoms with Crippen LogP contribution in [0, 0.1) is 11.8 Å². The number of hydrogen-bond acceptors (Lipinski definition) is 8. The van der Waals surface area contributed by atoms with E-state index >= 15 is 0 Å². The summed E-state index contributed by atoms with van der Waals surface area (Å²) in [6.07, 6.45) is -2.36. The Balaban J connectivity index is 0.000000317. The van der Waals surface area contributed by atoms with E-state index in [4.69, 9.17) is 24.5 Å². The van der Waals surface area contributed by atoms with Crippen molar-refractivity contribution in [3.8, 4) is 0 Å². The van der Waals surface area contributed by atoms with E-state index in [-0.39, 0.29) is 0 Å². The first-order valence-corrected chi connectivity index (χ1v) is 11.7. The normalized spacial score (nSPS) is 18.4. The Bertz CT molecular complexity index is 1010. The number of nitrogens with one attached hydrogen (secondary N) is 1. The average Bonchev–Trinajstić information content (AvgIpc) is 3.22. The Morgan fingerprint density at radius 3 is 2.05 bits per heavy atom. The molecule has 0 saturated carbocycles. The molecule has 11 nitrogen and oxygen atoms in total. The number of carboxylic acid groups (broad SMARTS) is 2. The SMILES string of the molecule is O=C(O)C(F)(F)F.O=C(O)C(F)(F)F.c1cnc(NCC2CN(CC3CCOCC3)Cc3ccnn3C2)nc1. The highest BCUT2D eigenvalue weighted by Gasteiger charge is 2.38. The highest BCUT2D eigenvalue weighted by atomic mass is 19.4. The highest BCUT2D eigenvalue weighted by molar-refractivity contribution is 5.73. The lowest BCUT2D eigenvalue weighted by atomic mass is 9.99. The van der Waals surface area contributed by atoms with Crippen LogP contribution >= 0.6 is 0 Å². The maximum Gasteiger partial charge on any atom is 0.490 e. The number of ether oxygens (including phenoxy) is 1. The van der Waals surface area contributed by atoms with Crippen molar-refractivity contribution in [3.05, 3.63) is 36.4 Å². The minimum absolute atomic E-state index is 0.477.